The summed E-state index contributed by atoms with van der Waals surface area (Å²) in [5, 5.41) is 3.56. The van der Waals surface area contributed by atoms with E-state index in [4.69, 9.17) is 4.98 Å². The SMILES string of the molecule is Cc1cc(C)c(-c2cn(C)c3c(NCC4CC4)nc(C)nc23)c(C)c1. The molecule has 1 N–H and O–H groups in total. The lowest BCUT2D eigenvalue weighted by molar-refractivity contribution is 0.875. The summed E-state index contributed by atoms with van der Waals surface area (Å²) >= 11 is 0. The van der Waals surface area contributed by atoms with Gasteiger partial charge in [-0.15, -0.1) is 0 Å². The maximum absolute atomic E-state index is 4.81. The number of rotatable bonds is 4. The Balaban J connectivity index is 1.91. The van der Waals surface area contributed by atoms with Gasteiger partial charge >= 0.3 is 0 Å². The molecule has 4 heteroatoms. The van der Waals surface area contributed by atoms with Gasteiger partial charge in [0.05, 0.1) is 0 Å². The average Bonchev–Trinajstić information content (AvgIpc) is 3.29. The van der Waals surface area contributed by atoms with Gasteiger partial charge in [0.15, 0.2) is 5.82 Å². The second-order valence-corrected chi connectivity index (χ2v) is 7.57. The van der Waals surface area contributed by atoms with E-state index in [1.807, 2.05) is 6.92 Å². The van der Waals surface area contributed by atoms with Crippen molar-refractivity contribution in [3.8, 4) is 11.1 Å². The van der Waals surface area contributed by atoms with Crippen molar-refractivity contribution in [3.63, 3.8) is 0 Å². The van der Waals surface area contributed by atoms with E-state index >= 15 is 0 Å². The van der Waals surface area contributed by atoms with Crippen LogP contribution in [0.5, 0.6) is 0 Å². The summed E-state index contributed by atoms with van der Waals surface area (Å²) in [5.41, 5.74) is 8.54. The first-order valence-corrected chi connectivity index (χ1v) is 9.10. The molecule has 1 aliphatic rings. The Labute approximate surface area is 149 Å². The van der Waals surface area contributed by atoms with Crippen molar-refractivity contribution in [1.29, 1.82) is 0 Å². The van der Waals surface area contributed by atoms with Crippen molar-refractivity contribution in [2.75, 3.05) is 11.9 Å². The first-order valence-electron chi connectivity index (χ1n) is 9.10. The molecule has 4 rings (SSSR count). The average molecular weight is 334 g/mol. The van der Waals surface area contributed by atoms with Crippen LogP contribution in [0.4, 0.5) is 5.82 Å². The highest BCUT2D eigenvalue weighted by Gasteiger charge is 2.23. The highest BCUT2D eigenvalue weighted by atomic mass is 15.1. The number of fused-ring (bicyclic) bond motifs is 1. The van der Waals surface area contributed by atoms with Gasteiger partial charge in [-0.25, -0.2) is 9.97 Å². The van der Waals surface area contributed by atoms with Crippen LogP contribution in [0, 0.1) is 33.6 Å². The van der Waals surface area contributed by atoms with Crippen LogP contribution < -0.4 is 5.32 Å². The highest BCUT2D eigenvalue weighted by Crippen LogP contribution is 2.37. The van der Waals surface area contributed by atoms with Crippen LogP contribution >= 0.6 is 0 Å². The molecule has 2 aromatic heterocycles. The number of nitrogens with zero attached hydrogens (tertiary/aromatic N) is 3. The zero-order valence-corrected chi connectivity index (χ0v) is 15.8. The van der Waals surface area contributed by atoms with Gasteiger partial charge in [-0.05, 0) is 63.1 Å². The fourth-order valence-electron chi connectivity index (χ4n) is 3.88. The first-order chi connectivity index (χ1) is 11.9. The van der Waals surface area contributed by atoms with E-state index in [0.29, 0.717) is 0 Å². The summed E-state index contributed by atoms with van der Waals surface area (Å²) in [4.78, 5) is 9.49. The lowest BCUT2D eigenvalue weighted by Gasteiger charge is -2.11. The van der Waals surface area contributed by atoms with E-state index in [2.05, 4.69) is 61.0 Å². The van der Waals surface area contributed by atoms with Crippen molar-refractivity contribution in [1.82, 2.24) is 14.5 Å². The number of aromatic nitrogens is 3. The molecular weight excluding hydrogens is 308 g/mol. The Bertz CT molecular complexity index is 941. The maximum Gasteiger partial charge on any atom is 0.154 e. The van der Waals surface area contributed by atoms with Gasteiger partial charge in [-0.3, -0.25) is 0 Å². The fourth-order valence-corrected chi connectivity index (χ4v) is 3.88. The fraction of sp³-hybridized carbons (Fsp3) is 0.429. The minimum absolute atomic E-state index is 0.812. The molecule has 0 unspecified atom stereocenters. The number of aryl methyl sites for hydroxylation is 5. The predicted molar refractivity (Wildman–Crippen MR) is 104 cm³/mol. The topological polar surface area (TPSA) is 42.7 Å². The molecule has 1 saturated carbocycles. The molecule has 4 nitrogen and oxygen atoms in total. The lowest BCUT2D eigenvalue weighted by Crippen LogP contribution is -2.08. The van der Waals surface area contributed by atoms with Gasteiger partial charge < -0.3 is 9.88 Å². The summed E-state index contributed by atoms with van der Waals surface area (Å²) in [7, 11) is 2.09. The third-order valence-electron chi connectivity index (χ3n) is 5.13. The third-order valence-corrected chi connectivity index (χ3v) is 5.13. The number of anilines is 1. The number of nitrogens with one attached hydrogen (secondary N) is 1. The van der Waals surface area contributed by atoms with Crippen LogP contribution in [0.3, 0.4) is 0 Å². The molecule has 1 aromatic carbocycles. The van der Waals surface area contributed by atoms with E-state index in [0.717, 1.165) is 35.1 Å². The third kappa shape index (κ3) is 2.90. The maximum atomic E-state index is 4.81. The van der Waals surface area contributed by atoms with Gasteiger partial charge in [-0.1, -0.05) is 17.7 Å². The number of hydrogen-bond donors (Lipinski definition) is 1. The van der Waals surface area contributed by atoms with Gasteiger partial charge in [-0.2, -0.15) is 0 Å². The Morgan fingerprint density at radius 3 is 2.40 bits per heavy atom. The smallest absolute Gasteiger partial charge is 0.154 e. The molecule has 0 radical (unpaired) electrons. The van der Waals surface area contributed by atoms with E-state index in [-0.39, 0.29) is 0 Å². The van der Waals surface area contributed by atoms with E-state index in [1.54, 1.807) is 0 Å². The Hall–Kier alpha value is -2.36. The lowest BCUT2D eigenvalue weighted by atomic mass is 9.95. The Morgan fingerprint density at radius 2 is 1.76 bits per heavy atom. The summed E-state index contributed by atoms with van der Waals surface area (Å²) in [6.45, 7) is 9.52. The molecule has 0 atom stereocenters. The second kappa shape index (κ2) is 5.87. The number of hydrogen-bond acceptors (Lipinski definition) is 3. The quantitative estimate of drug-likeness (QED) is 0.752. The van der Waals surface area contributed by atoms with Gasteiger partial charge in [0.2, 0.25) is 0 Å². The second-order valence-electron chi connectivity index (χ2n) is 7.57. The molecule has 0 amide bonds. The molecule has 130 valence electrons. The van der Waals surface area contributed by atoms with Crippen LogP contribution in [0.25, 0.3) is 22.2 Å². The summed E-state index contributed by atoms with van der Waals surface area (Å²) in [5.74, 6) is 2.60. The molecule has 3 aromatic rings. The standard InChI is InChI=1S/C21H26N4/c1-12-8-13(2)18(14(3)9-12)17-11-25(5)20-19(17)23-15(4)24-21(20)22-10-16-6-7-16/h8-9,11,16H,6-7,10H2,1-5H3,(H,22,23,24). The number of benzene rings is 1. The van der Waals surface area contributed by atoms with Crippen molar-refractivity contribution >= 4 is 16.9 Å². The highest BCUT2D eigenvalue weighted by molar-refractivity contribution is 5.99. The summed E-state index contributed by atoms with van der Waals surface area (Å²) < 4.78 is 2.16. The van der Waals surface area contributed by atoms with Crippen LogP contribution in [-0.4, -0.2) is 21.1 Å². The minimum Gasteiger partial charge on any atom is -0.368 e. The van der Waals surface area contributed by atoms with Crippen LogP contribution in [-0.2, 0) is 7.05 Å². The predicted octanol–water partition coefficient (Wildman–Crippen LogP) is 4.69. The zero-order valence-electron chi connectivity index (χ0n) is 15.8. The molecule has 1 aliphatic carbocycles. The molecule has 0 spiro atoms. The Morgan fingerprint density at radius 1 is 1.08 bits per heavy atom. The van der Waals surface area contributed by atoms with E-state index in [1.165, 1.54) is 40.7 Å². The van der Waals surface area contributed by atoms with Crippen molar-refractivity contribution < 1.29 is 0 Å². The molecule has 1 fully saturated rings. The zero-order chi connectivity index (χ0) is 17.7. The van der Waals surface area contributed by atoms with Gasteiger partial charge in [0.1, 0.15) is 16.9 Å². The monoisotopic (exact) mass is 334 g/mol. The largest absolute Gasteiger partial charge is 0.368 e. The molecule has 0 bridgehead atoms. The van der Waals surface area contributed by atoms with Crippen LogP contribution in [0.15, 0.2) is 18.3 Å². The van der Waals surface area contributed by atoms with Gasteiger partial charge in [0, 0.05) is 25.4 Å². The normalized spacial score (nSPS) is 14.3. The Kier molecular flexibility index (Phi) is 3.78. The molecule has 25 heavy (non-hydrogen) atoms. The molecule has 0 aliphatic heterocycles. The summed E-state index contributed by atoms with van der Waals surface area (Å²) in [6.07, 6.45) is 4.87. The molecular formula is C21H26N4. The minimum atomic E-state index is 0.812. The van der Waals surface area contributed by atoms with E-state index < -0.39 is 0 Å². The van der Waals surface area contributed by atoms with Crippen molar-refractivity contribution in [2.24, 2.45) is 13.0 Å². The van der Waals surface area contributed by atoms with Crippen molar-refractivity contribution in [2.45, 2.75) is 40.5 Å². The van der Waals surface area contributed by atoms with E-state index in [9.17, 15) is 0 Å². The first kappa shape index (κ1) is 16.1. The van der Waals surface area contributed by atoms with Gasteiger partial charge in [0.25, 0.3) is 0 Å². The van der Waals surface area contributed by atoms with Crippen LogP contribution in [0.2, 0.25) is 0 Å². The van der Waals surface area contributed by atoms with Crippen LogP contribution in [0.1, 0.15) is 35.4 Å². The van der Waals surface area contributed by atoms with Crippen molar-refractivity contribution in [3.05, 3.63) is 40.8 Å². The molecule has 2 heterocycles. The molecule has 0 saturated heterocycles. The summed E-state index contributed by atoms with van der Waals surface area (Å²) in [6, 6.07) is 4.50.